The predicted molar refractivity (Wildman–Crippen MR) is 52.8 cm³/mol. The molecule has 0 aliphatic carbocycles. The Labute approximate surface area is 102 Å². The molecule has 0 atom stereocenters. The van der Waals surface area contributed by atoms with Crippen molar-refractivity contribution in [1.29, 1.82) is 0 Å². The van der Waals surface area contributed by atoms with Gasteiger partial charge in [-0.05, 0) is 11.6 Å². The fourth-order valence-corrected chi connectivity index (χ4v) is 0.989. The minimum absolute atomic E-state index is 0. The Hall–Kier alpha value is -1.15. The summed E-state index contributed by atoms with van der Waals surface area (Å²) in [5, 5.41) is 17.6. The number of phenolic OH excluding ortho intramolecular Hbond substituents is 1. The van der Waals surface area contributed by atoms with E-state index < -0.39 is 5.97 Å². The number of aromatic hydroxyl groups is 1. The number of phenols is 1. The number of aliphatic imine (C=N–C) groups is 1. The molecule has 0 amide bonds. The first-order valence-electron chi connectivity index (χ1n) is 4.17. The monoisotopic (exact) mass is 291 g/mol. The van der Waals surface area contributed by atoms with E-state index >= 15 is 0 Å². The van der Waals surface area contributed by atoms with E-state index in [9.17, 15) is 9.90 Å². The number of benzene rings is 1. The first-order valence-corrected chi connectivity index (χ1v) is 4.17. The van der Waals surface area contributed by atoms with Gasteiger partial charge in [-0.3, -0.25) is 9.79 Å². The van der Waals surface area contributed by atoms with E-state index in [0.717, 1.165) is 5.56 Å². The second kappa shape index (κ2) is 7.18. The van der Waals surface area contributed by atoms with Gasteiger partial charge in [-0.25, -0.2) is 0 Å². The molecule has 0 aliphatic heterocycles. The third-order valence-corrected chi connectivity index (χ3v) is 1.66. The zero-order valence-corrected chi connectivity index (χ0v) is 9.97. The molecule has 1 aromatic rings. The number of carbonyl (C=O) groups is 1. The zero-order chi connectivity index (χ0) is 10.4. The van der Waals surface area contributed by atoms with Gasteiger partial charge in [0, 0.05) is 33.7 Å². The number of carboxylic acid groups (broad SMARTS) is 1. The third kappa shape index (κ3) is 5.33. The normalized spacial score (nSPS) is 9.87. The topological polar surface area (TPSA) is 69.9 Å². The van der Waals surface area contributed by atoms with Crippen LogP contribution in [0, 0.1) is 0 Å². The summed E-state index contributed by atoms with van der Waals surface area (Å²) in [5.74, 6) is -0.757. The molecule has 0 heterocycles. The molecule has 0 fully saturated rings. The number of nitrogens with zero attached hydrogens (tertiary/aromatic N) is 1. The Kier molecular flexibility index (Phi) is 6.63. The molecule has 0 radical (unpaired) electrons. The maximum Gasteiger partial charge on any atom is 0.325 e. The second-order valence-corrected chi connectivity index (χ2v) is 2.75. The van der Waals surface area contributed by atoms with Gasteiger partial charge in [-0.2, -0.15) is 0 Å². The van der Waals surface area contributed by atoms with Crippen LogP contribution in [0.4, 0.5) is 0 Å². The summed E-state index contributed by atoms with van der Waals surface area (Å²) < 4.78 is 0. The zero-order valence-electron chi connectivity index (χ0n) is 7.96. The Morgan fingerprint density at radius 1 is 1.40 bits per heavy atom. The fraction of sp³-hybridized carbons (Fsp3) is 0.200. The molecule has 1 rings (SSSR count). The molecule has 0 saturated heterocycles. The molecule has 0 aliphatic rings. The molecule has 0 bridgehead atoms. The van der Waals surface area contributed by atoms with Gasteiger partial charge in [0.2, 0.25) is 0 Å². The molecule has 0 unspecified atom stereocenters. The smallest absolute Gasteiger partial charge is 0.325 e. The minimum Gasteiger partial charge on any atom is -0.508 e. The SMILES string of the molecule is O=C(O)CN=CCc1ccccc1O.[Mo]. The van der Waals surface area contributed by atoms with Crippen LogP contribution in [0.1, 0.15) is 5.56 Å². The Balaban J connectivity index is 0.00000196. The van der Waals surface area contributed by atoms with Crippen LogP contribution in [0.15, 0.2) is 29.3 Å². The largest absolute Gasteiger partial charge is 0.508 e. The number of aliphatic carboxylic acids is 1. The first kappa shape index (κ1) is 13.8. The maximum atomic E-state index is 10.1. The van der Waals surface area contributed by atoms with Gasteiger partial charge in [0.1, 0.15) is 12.3 Å². The molecule has 5 heteroatoms. The molecule has 4 nitrogen and oxygen atoms in total. The van der Waals surface area contributed by atoms with Crippen LogP contribution in [-0.2, 0) is 32.3 Å². The quantitative estimate of drug-likeness (QED) is 0.644. The summed E-state index contributed by atoms with van der Waals surface area (Å²) in [6.07, 6.45) is 1.93. The van der Waals surface area contributed by atoms with E-state index in [1.165, 1.54) is 6.21 Å². The van der Waals surface area contributed by atoms with Crippen molar-refractivity contribution in [2.24, 2.45) is 4.99 Å². The Bertz CT molecular complexity index is 352. The number of carboxylic acids is 1. The average molecular weight is 289 g/mol. The standard InChI is InChI=1S/C10H11NO3.Mo/c12-9-4-2-1-3-8(9)5-6-11-7-10(13)14;/h1-4,6,12H,5,7H2,(H,13,14);. The minimum atomic E-state index is -0.960. The van der Waals surface area contributed by atoms with Crippen molar-refractivity contribution in [3.05, 3.63) is 29.8 Å². The van der Waals surface area contributed by atoms with Gasteiger partial charge < -0.3 is 10.2 Å². The number of rotatable bonds is 4. The summed E-state index contributed by atoms with van der Waals surface area (Å²) in [6, 6.07) is 6.88. The van der Waals surface area contributed by atoms with Crippen molar-refractivity contribution in [3.63, 3.8) is 0 Å². The van der Waals surface area contributed by atoms with Crippen molar-refractivity contribution in [2.75, 3.05) is 6.54 Å². The van der Waals surface area contributed by atoms with Crippen LogP contribution in [0.2, 0.25) is 0 Å². The predicted octanol–water partition coefficient (Wildman–Crippen LogP) is 1.09. The van der Waals surface area contributed by atoms with Gasteiger partial charge in [0.05, 0.1) is 0 Å². The van der Waals surface area contributed by atoms with Crippen molar-refractivity contribution < 1.29 is 36.1 Å². The van der Waals surface area contributed by atoms with E-state index in [4.69, 9.17) is 5.11 Å². The van der Waals surface area contributed by atoms with E-state index in [1.807, 2.05) is 0 Å². The van der Waals surface area contributed by atoms with Crippen LogP contribution in [0.3, 0.4) is 0 Å². The summed E-state index contributed by atoms with van der Waals surface area (Å²) >= 11 is 0. The first-order chi connectivity index (χ1) is 6.70. The molecule has 0 aromatic heterocycles. The van der Waals surface area contributed by atoms with Gasteiger partial charge in [0.15, 0.2) is 0 Å². The van der Waals surface area contributed by atoms with E-state index in [0.29, 0.717) is 6.42 Å². The second-order valence-electron chi connectivity index (χ2n) is 2.75. The summed E-state index contributed by atoms with van der Waals surface area (Å²) in [6.45, 7) is -0.229. The van der Waals surface area contributed by atoms with Gasteiger partial charge in [-0.15, -0.1) is 0 Å². The van der Waals surface area contributed by atoms with E-state index in [-0.39, 0.29) is 33.4 Å². The maximum absolute atomic E-state index is 10.1. The van der Waals surface area contributed by atoms with E-state index in [2.05, 4.69) is 4.99 Å². The average Bonchev–Trinajstić information content (AvgIpc) is 2.15. The van der Waals surface area contributed by atoms with Crippen LogP contribution >= 0.6 is 0 Å². The molecule has 2 N–H and O–H groups in total. The fourth-order valence-electron chi connectivity index (χ4n) is 0.989. The summed E-state index contributed by atoms with van der Waals surface area (Å²) in [4.78, 5) is 13.8. The summed E-state index contributed by atoms with van der Waals surface area (Å²) in [5.41, 5.74) is 0.738. The molecule has 80 valence electrons. The molecular weight excluding hydrogens is 278 g/mol. The summed E-state index contributed by atoms with van der Waals surface area (Å²) in [7, 11) is 0. The molecule has 0 spiro atoms. The van der Waals surface area contributed by atoms with Crippen LogP contribution in [0.25, 0.3) is 0 Å². The Morgan fingerprint density at radius 2 is 2.07 bits per heavy atom. The van der Waals surface area contributed by atoms with Gasteiger partial charge >= 0.3 is 5.97 Å². The van der Waals surface area contributed by atoms with Gasteiger partial charge in [-0.1, -0.05) is 18.2 Å². The molecule has 0 saturated carbocycles. The van der Waals surface area contributed by atoms with Crippen molar-refractivity contribution in [2.45, 2.75) is 6.42 Å². The number of hydrogen-bond acceptors (Lipinski definition) is 3. The third-order valence-electron chi connectivity index (χ3n) is 1.66. The van der Waals surface area contributed by atoms with Crippen molar-refractivity contribution in [1.82, 2.24) is 0 Å². The van der Waals surface area contributed by atoms with Crippen molar-refractivity contribution in [3.8, 4) is 5.75 Å². The molecule has 1 aromatic carbocycles. The number of para-hydroxylation sites is 1. The van der Waals surface area contributed by atoms with Crippen LogP contribution < -0.4 is 0 Å². The molecule has 15 heavy (non-hydrogen) atoms. The van der Waals surface area contributed by atoms with Crippen LogP contribution in [-0.4, -0.2) is 28.9 Å². The van der Waals surface area contributed by atoms with Crippen LogP contribution in [0.5, 0.6) is 5.75 Å². The van der Waals surface area contributed by atoms with E-state index in [1.54, 1.807) is 24.3 Å². The van der Waals surface area contributed by atoms with Crippen molar-refractivity contribution >= 4 is 12.2 Å². The Morgan fingerprint density at radius 3 is 2.67 bits per heavy atom. The molecular formula is C10H11MoNO3. The van der Waals surface area contributed by atoms with Gasteiger partial charge in [0.25, 0.3) is 0 Å². The number of hydrogen-bond donors (Lipinski definition) is 2.